The maximum absolute atomic E-state index is 2.38. The van der Waals surface area contributed by atoms with Gasteiger partial charge in [-0.3, -0.25) is 0 Å². The number of aryl methyl sites for hydroxylation is 1. The summed E-state index contributed by atoms with van der Waals surface area (Å²) in [5.74, 6) is 0. The van der Waals surface area contributed by atoms with Gasteiger partial charge in [0, 0.05) is 23.1 Å². The molecule has 1 aromatic heterocycles. The van der Waals surface area contributed by atoms with Gasteiger partial charge in [0.05, 0.1) is 0 Å². The molecule has 1 radical (unpaired) electrons. The molecule has 1 aromatic rings. The van der Waals surface area contributed by atoms with Crippen LogP contribution in [-0.4, -0.2) is 22.9 Å². The van der Waals surface area contributed by atoms with Crippen molar-refractivity contribution in [2.45, 2.75) is 40.7 Å². The minimum Gasteiger partial charge on any atom is -0.392 e. The van der Waals surface area contributed by atoms with Crippen LogP contribution >= 0.6 is 0 Å². The van der Waals surface area contributed by atoms with Gasteiger partial charge in [-0.05, 0) is 63.5 Å². The summed E-state index contributed by atoms with van der Waals surface area (Å²) in [5.41, 5.74) is 8.27. The monoisotopic (exact) mass is 225 g/mol. The molecule has 2 aliphatic heterocycles. The third-order valence-electron chi connectivity index (χ3n) is 4.40. The van der Waals surface area contributed by atoms with Crippen molar-refractivity contribution in [3.05, 3.63) is 39.9 Å². The van der Waals surface area contributed by atoms with E-state index in [1.807, 2.05) is 0 Å². The first-order chi connectivity index (χ1) is 8.00. The van der Waals surface area contributed by atoms with Crippen LogP contribution in [0.15, 0.2) is 22.9 Å². The van der Waals surface area contributed by atoms with Crippen LogP contribution < -0.4 is 0 Å². The Morgan fingerprint density at radius 2 is 1.88 bits per heavy atom. The Kier molecular flexibility index (Phi) is 2.10. The van der Waals surface area contributed by atoms with Crippen molar-refractivity contribution >= 4 is 13.6 Å². The lowest BCUT2D eigenvalue weighted by Crippen LogP contribution is -2.38. The molecule has 1 unspecified atom stereocenters. The van der Waals surface area contributed by atoms with E-state index in [4.69, 9.17) is 0 Å². The van der Waals surface area contributed by atoms with Crippen molar-refractivity contribution in [2.75, 3.05) is 0 Å². The Balaban J connectivity index is 2.16. The summed E-state index contributed by atoms with van der Waals surface area (Å²) < 4.78 is 2.29. The second kappa shape index (κ2) is 3.31. The third-order valence-corrected chi connectivity index (χ3v) is 4.40. The number of rotatable bonds is 0. The second-order valence-electron chi connectivity index (χ2n) is 5.24. The highest BCUT2D eigenvalue weighted by Gasteiger charge is 2.33. The lowest BCUT2D eigenvalue weighted by Gasteiger charge is -2.31. The van der Waals surface area contributed by atoms with E-state index >= 15 is 0 Å². The molecule has 0 aliphatic carbocycles. The zero-order valence-electron chi connectivity index (χ0n) is 11.2. The molecule has 0 fully saturated rings. The number of aromatic nitrogens is 1. The predicted molar refractivity (Wildman–Crippen MR) is 72.7 cm³/mol. The van der Waals surface area contributed by atoms with E-state index in [0.29, 0.717) is 6.04 Å². The van der Waals surface area contributed by atoms with E-state index < -0.39 is 0 Å². The standard InChI is InChI=1S/C14H18BN2/c1-8-6-13-7-14-10(3)9(2)12(5)17(14)15-16(13)11(8)4/h6-7,12H,1-5H3. The average Bonchev–Trinajstić information content (AvgIpc) is 2.70. The Morgan fingerprint density at radius 1 is 1.18 bits per heavy atom. The van der Waals surface area contributed by atoms with Gasteiger partial charge in [0.2, 0.25) is 0 Å². The van der Waals surface area contributed by atoms with E-state index in [1.165, 1.54) is 33.8 Å². The Labute approximate surface area is 104 Å². The molecule has 0 saturated carbocycles. The quantitative estimate of drug-likeness (QED) is 0.616. The second-order valence-corrected chi connectivity index (χ2v) is 5.24. The van der Waals surface area contributed by atoms with Crippen LogP contribution in [0.4, 0.5) is 0 Å². The molecule has 0 amide bonds. The molecule has 1 atom stereocenters. The number of fused-ring (bicyclic) bond motifs is 2. The highest BCUT2D eigenvalue weighted by molar-refractivity contribution is 6.33. The molecule has 0 N–H and O–H groups in total. The number of hydrogen-bond donors (Lipinski definition) is 0. The minimum absolute atomic E-state index is 0.483. The molecule has 2 aliphatic rings. The maximum Gasteiger partial charge on any atom is 0.396 e. The van der Waals surface area contributed by atoms with Crippen LogP contribution in [0.25, 0.3) is 6.08 Å². The van der Waals surface area contributed by atoms with Crippen molar-refractivity contribution in [3.8, 4) is 0 Å². The van der Waals surface area contributed by atoms with Gasteiger partial charge in [0.1, 0.15) is 0 Å². The molecule has 0 spiro atoms. The average molecular weight is 225 g/mol. The third kappa shape index (κ3) is 1.28. The molecular formula is C14H18BN2. The summed E-state index contributed by atoms with van der Waals surface area (Å²) in [7, 11) is 2.25. The van der Waals surface area contributed by atoms with Crippen LogP contribution in [0, 0.1) is 13.8 Å². The van der Waals surface area contributed by atoms with Crippen molar-refractivity contribution < 1.29 is 0 Å². The maximum atomic E-state index is 2.38. The molecule has 17 heavy (non-hydrogen) atoms. The highest BCUT2D eigenvalue weighted by atomic mass is 15.2. The largest absolute Gasteiger partial charge is 0.396 e. The first kappa shape index (κ1) is 10.8. The fourth-order valence-electron chi connectivity index (χ4n) is 2.78. The van der Waals surface area contributed by atoms with Gasteiger partial charge in [0.25, 0.3) is 0 Å². The van der Waals surface area contributed by atoms with Crippen LogP contribution in [-0.2, 0) is 0 Å². The summed E-state index contributed by atoms with van der Waals surface area (Å²) in [6.07, 6.45) is 2.31. The molecule has 3 rings (SSSR count). The molecule has 2 nitrogen and oxygen atoms in total. The Morgan fingerprint density at radius 3 is 2.59 bits per heavy atom. The Hall–Kier alpha value is -1.38. The minimum atomic E-state index is 0.483. The van der Waals surface area contributed by atoms with Gasteiger partial charge < -0.3 is 9.29 Å². The van der Waals surface area contributed by atoms with E-state index in [0.717, 1.165) is 0 Å². The van der Waals surface area contributed by atoms with Crippen molar-refractivity contribution in [2.24, 2.45) is 0 Å². The van der Waals surface area contributed by atoms with E-state index in [2.05, 4.69) is 63.6 Å². The van der Waals surface area contributed by atoms with Crippen LogP contribution in [0.1, 0.15) is 37.7 Å². The normalized spacial score (nSPS) is 22.3. The first-order valence-electron chi connectivity index (χ1n) is 6.22. The van der Waals surface area contributed by atoms with Crippen molar-refractivity contribution in [1.29, 1.82) is 0 Å². The summed E-state index contributed by atoms with van der Waals surface area (Å²) in [4.78, 5) is 2.38. The lowest BCUT2D eigenvalue weighted by atomic mass is 9.98. The summed E-state index contributed by atoms with van der Waals surface area (Å²) in [6.45, 7) is 11.1. The number of allylic oxidation sites excluding steroid dienone is 1. The predicted octanol–water partition coefficient (Wildman–Crippen LogP) is 2.88. The molecule has 0 aromatic carbocycles. The zero-order valence-corrected chi connectivity index (χ0v) is 11.2. The van der Waals surface area contributed by atoms with Crippen LogP contribution in [0.3, 0.4) is 0 Å². The smallest absolute Gasteiger partial charge is 0.392 e. The molecule has 3 heteroatoms. The van der Waals surface area contributed by atoms with Crippen molar-refractivity contribution in [1.82, 2.24) is 9.29 Å². The van der Waals surface area contributed by atoms with Crippen LogP contribution in [0.5, 0.6) is 0 Å². The van der Waals surface area contributed by atoms with Gasteiger partial charge in [-0.15, -0.1) is 0 Å². The van der Waals surface area contributed by atoms with Gasteiger partial charge in [0.15, 0.2) is 0 Å². The van der Waals surface area contributed by atoms with Gasteiger partial charge >= 0.3 is 7.55 Å². The topological polar surface area (TPSA) is 8.17 Å². The molecule has 87 valence electrons. The molecule has 3 heterocycles. The molecule has 0 bridgehead atoms. The highest BCUT2D eigenvalue weighted by Crippen LogP contribution is 2.36. The van der Waals surface area contributed by atoms with E-state index in [1.54, 1.807) is 0 Å². The zero-order chi connectivity index (χ0) is 12.3. The van der Waals surface area contributed by atoms with Gasteiger partial charge in [-0.2, -0.15) is 0 Å². The fourth-order valence-corrected chi connectivity index (χ4v) is 2.78. The number of hydrogen-bond acceptors (Lipinski definition) is 1. The lowest BCUT2D eigenvalue weighted by molar-refractivity contribution is 0.498. The summed E-state index contributed by atoms with van der Waals surface area (Å²) >= 11 is 0. The molecular weight excluding hydrogens is 207 g/mol. The van der Waals surface area contributed by atoms with Crippen molar-refractivity contribution in [3.63, 3.8) is 0 Å². The van der Waals surface area contributed by atoms with Gasteiger partial charge in [-0.1, -0.05) is 0 Å². The SMILES string of the molecule is CC1=C(C)C(C)N2[B]n3c(cc(C)c3C)C=C12. The summed E-state index contributed by atoms with van der Waals surface area (Å²) in [6, 6.07) is 2.75. The fraction of sp³-hybridized carbons (Fsp3) is 0.429. The van der Waals surface area contributed by atoms with Crippen LogP contribution in [0.2, 0.25) is 0 Å². The number of nitrogens with zero attached hydrogens (tertiary/aromatic N) is 2. The molecule has 0 saturated heterocycles. The van der Waals surface area contributed by atoms with Gasteiger partial charge in [-0.25, -0.2) is 0 Å². The summed E-state index contributed by atoms with van der Waals surface area (Å²) in [5, 5.41) is 0. The van der Waals surface area contributed by atoms with E-state index in [-0.39, 0.29) is 0 Å². The van der Waals surface area contributed by atoms with E-state index in [9.17, 15) is 0 Å². The first-order valence-corrected chi connectivity index (χ1v) is 6.22. The Bertz CT molecular complexity index is 563.